The van der Waals surface area contributed by atoms with Gasteiger partial charge in [-0.2, -0.15) is 0 Å². The Balaban J connectivity index is 1.03. The summed E-state index contributed by atoms with van der Waals surface area (Å²) in [5, 5.41) is 2.44. The minimum atomic E-state index is 0.730. The maximum Gasteiger partial charge on any atom is 0.160 e. The van der Waals surface area contributed by atoms with Crippen molar-refractivity contribution in [2.24, 2.45) is 0 Å². The second kappa shape index (κ2) is 15.3. The molecule has 10 aromatic rings. The van der Waals surface area contributed by atoms with Gasteiger partial charge in [-0.3, -0.25) is 0 Å². The van der Waals surface area contributed by atoms with Crippen molar-refractivity contribution in [3.8, 4) is 50.7 Å². The molecule has 0 atom stereocenters. The van der Waals surface area contributed by atoms with E-state index in [0.717, 1.165) is 56.7 Å². The zero-order valence-corrected chi connectivity index (χ0v) is 34.3. The summed E-state index contributed by atoms with van der Waals surface area (Å²) >= 11 is 0. The lowest BCUT2D eigenvalue weighted by Gasteiger charge is -2.25. The van der Waals surface area contributed by atoms with E-state index in [9.17, 15) is 0 Å². The third-order valence-electron chi connectivity index (χ3n) is 11.5. The first-order valence-corrected chi connectivity index (χ1v) is 20.6. The number of aryl methyl sites for hydroxylation is 4. The van der Waals surface area contributed by atoms with Gasteiger partial charge in [-0.15, -0.1) is 0 Å². The molecule has 0 spiro atoms. The molecule has 0 bridgehead atoms. The first kappa shape index (κ1) is 36.8. The van der Waals surface area contributed by atoms with Crippen LogP contribution in [0, 0.1) is 27.7 Å². The number of hydrogen-bond acceptors (Lipinski definition) is 3. The van der Waals surface area contributed by atoms with E-state index in [0.29, 0.717) is 0 Å². The smallest absolute Gasteiger partial charge is 0.160 e. The van der Waals surface area contributed by atoms with Gasteiger partial charge in [0.05, 0.1) is 22.4 Å². The van der Waals surface area contributed by atoms with Crippen LogP contribution in [0.1, 0.15) is 22.3 Å². The van der Waals surface area contributed by atoms with Crippen molar-refractivity contribution in [2.45, 2.75) is 27.7 Å². The van der Waals surface area contributed by atoms with Crippen LogP contribution in [0.2, 0.25) is 0 Å². The molecule has 0 saturated heterocycles. The largest absolute Gasteiger partial charge is 0.310 e. The summed E-state index contributed by atoms with van der Waals surface area (Å²) in [5.41, 5.74) is 19.1. The topological polar surface area (TPSA) is 34.0 Å². The van der Waals surface area contributed by atoms with Crippen molar-refractivity contribution in [3.63, 3.8) is 0 Å². The Morgan fingerprint density at radius 1 is 0.383 bits per heavy atom. The summed E-state index contributed by atoms with van der Waals surface area (Å²) in [6.45, 7) is 8.65. The van der Waals surface area contributed by atoms with Gasteiger partial charge in [0.25, 0.3) is 0 Å². The van der Waals surface area contributed by atoms with Crippen LogP contribution in [0.15, 0.2) is 194 Å². The van der Waals surface area contributed by atoms with Crippen LogP contribution < -0.4 is 4.90 Å². The highest BCUT2D eigenvalue weighted by Crippen LogP contribution is 2.40. The molecule has 4 nitrogen and oxygen atoms in total. The average Bonchev–Trinajstić information content (AvgIpc) is 3.61. The van der Waals surface area contributed by atoms with E-state index in [1.807, 2.05) is 0 Å². The Bertz CT molecular complexity index is 3050. The monoisotopic (exact) mass is 772 g/mol. The van der Waals surface area contributed by atoms with Crippen LogP contribution in [0.3, 0.4) is 0 Å². The lowest BCUT2D eigenvalue weighted by Crippen LogP contribution is -2.09. The Morgan fingerprint density at radius 2 is 0.950 bits per heavy atom. The van der Waals surface area contributed by atoms with Crippen molar-refractivity contribution in [1.82, 2.24) is 14.5 Å². The summed E-state index contributed by atoms with van der Waals surface area (Å²) < 4.78 is 2.39. The van der Waals surface area contributed by atoms with Crippen molar-refractivity contribution < 1.29 is 0 Å². The van der Waals surface area contributed by atoms with Crippen molar-refractivity contribution in [3.05, 3.63) is 216 Å². The zero-order valence-electron chi connectivity index (χ0n) is 34.3. The van der Waals surface area contributed by atoms with Crippen LogP contribution in [-0.2, 0) is 0 Å². The SMILES string of the molecule is Cc1cccc(-c2cc(-c3cc(C)c(-c4ccc(-n5c6ccccc6c6cc(N(c7ccccc7)c7ccccc7)ccc65)cc4)c(C)c3)nc(-c3cccc(C)c3)n2)c1. The van der Waals surface area contributed by atoms with E-state index >= 15 is 0 Å². The molecule has 0 aliphatic heterocycles. The van der Waals surface area contributed by atoms with E-state index in [1.165, 1.54) is 55.2 Å². The van der Waals surface area contributed by atoms with Crippen LogP contribution in [0.25, 0.3) is 72.5 Å². The Morgan fingerprint density at radius 3 is 1.60 bits per heavy atom. The van der Waals surface area contributed by atoms with E-state index in [-0.39, 0.29) is 0 Å². The molecule has 0 aliphatic carbocycles. The van der Waals surface area contributed by atoms with Crippen LogP contribution in [-0.4, -0.2) is 14.5 Å². The fraction of sp³-hybridized carbons (Fsp3) is 0.0714. The predicted molar refractivity (Wildman–Crippen MR) is 252 cm³/mol. The van der Waals surface area contributed by atoms with Gasteiger partial charge in [-0.1, -0.05) is 114 Å². The molecule has 0 amide bonds. The molecule has 10 rings (SSSR count). The summed E-state index contributed by atoms with van der Waals surface area (Å²) in [4.78, 5) is 12.6. The van der Waals surface area contributed by atoms with Crippen molar-refractivity contribution >= 4 is 38.9 Å². The average molecular weight is 773 g/mol. The van der Waals surface area contributed by atoms with Crippen molar-refractivity contribution in [1.29, 1.82) is 0 Å². The highest BCUT2D eigenvalue weighted by molar-refractivity contribution is 6.10. The third kappa shape index (κ3) is 6.82. The lowest BCUT2D eigenvalue weighted by molar-refractivity contribution is 1.17. The Labute approximate surface area is 351 Å². The number of rotatable bonds is 8. The van der Waals surface area contributed by atoms with Gasteiger partial charge in [0, 0.05) is 50.2 Å². The van der Waals surface area contributed by atoms with Crippen LogP contribution in [0.4, 0.5) is 17.1 Å². The van der Waals surface area contributed by atoms with E-state index in [1.54, 1.807) is 0 Å². The summed E-state index contributed by atoms with van der Waals surface area (Å²) in [7, 11) is 0. The van der Waals surface area contributed by atoms with E-state index < -0.39 is 0 Å². The second-order valence-electron chi connectivity index (χ2n) is 15.8. The standard InChI is InChI=1S/C56H44N4/c1-37-15-13-17-42(31-37)51-36-52(58-56(57-51)43-18-14-16-38(2)32-43)44-33-39(3)55(40(4)34-44)41-25-27-47(28-26-41)60-53-24-12-11-23-49(53)50-35-48(29-30-54(50)60)59(45-19-7-5-8-20-45)46-21-9-6-10-22-46/h5-36H,1-4H3. The van der Waals surface area contributed by atoms with Gasteiger partial charge < -0.3 is 9.47 Å². The maximum absolute atomic E-state index is 5.17. The number of fused-ring (bicyclic) bond motifs is 3. The van der Waals surface area contributed by atoms with Gasteiger partial charge in [0.1, 0.15) is 0 Å². The number of benzene rings is 8. The Hall–Kier alpha value is -7.56. The number of aromatic nitrogens is 3. The summed E-state index contributed by atoms with van der Waals surface area (Å²) in [6, 6.07) is 69.5. The molecule has 2 aromatic heterocycles. The zero-order chi connectivity index (χ0) is 40.7. The normalized spacial score (nSPS) is 11.3. The molecular weight excluding hydrogens is 729 g/mol. The van der Waals surface area contributed by atoms with Gasteiger partial charge >= 0.3 is 0 Å². The van der Waals surface area contributed by atoms with Crippen LogP contribution in [0.5, 0.6) is 0 Å². The van der Waals surface area contributed by atoms with Gasteiger partial charge in [-0.25, -0.2) is 9.97 Å². The van der Waals surface area contributed by atoms with Gasteiger partial charge in [-0.05, 0) is 141 Å². The molecule has 0 aliphatic rings. The third-order valence-corrected chi connectivity index (χ3v) is 11.5. The predicted octanol–water partition coefficient (Wildman–Crippen LogP) is 14.9. The number of para-hydroxylation sites is 3. The number of nitrogens with zero attached hydrogens (tertiary/aromatic N) is 4. The fourth-order valence-corrected chi connectivity index (χ4v) is 8.78. The summed E-state index contributed by atoms with van der Waals surface area (Å²) in [6.07, 6.45) is 0. The van der Waals surface area contributed by atoms with Gasteiger partial charge in [0.15, 0.2) is 5.82 Å². The lowest BCUT2D eigenvalue weighted by atomic mass is 9.92. The molecule has 288 valence electrons. The minimum Gasteiger partial charge on any atom is -0.310 e. The highest BCUT2D eigenvalue weighted by Gasteiger charge is 2.19. The molecule has 2 heterocycles. The number of hydrogen-bond donors (Lipinski definition) is 0. The van der Waals surface area contributed by atoms with E-state index in [4.69, 9.17) is 9.97 Å². The molecule has 0 N–H and O–H groups in total. The highest BCUT2D eigenvalue weighted by atomic mass is 15.1. The molecule has 0 fully saturated rings. The number of anilines is 3. The molecular formula is C56H44N4. The molecule has 0 saturated carbocycles. The van der Waals surface area contributed by atoms with Crippen LogP contribution >= 0.6 is 0 Å². The van der Waals surface area contributed by atoms with Gasteiger partial charge in [0.2, 0.25) is 0 Å². The first-order valence-electron chi connectivity index (χ1n) is 20.6. The minimum absolute atomic E-state index is 0.730. The van der Waals surface area contributed by atoms with Crippen molar-refractivity contribution in [2.75, 3.05) is 4.90 Å². The molecule has 0 radical (unpaired) electrons. The quantitative estimate of drug-likeness (QED) is 0.154. The maximum atomic E-state index is 5.17. The molecule has 4 heteroatoms. The van der Waals surface area contributed by atoms with E-state index in [2.05, 4.69) is 231 Å². The summed E-state index contributed by atoms with van der Waals surface area (Å²) in [5.74, 6) is 0.730. The molecule has 8 aromatic carbocycles. The molecule has 60 heavy (non-hydrogen) atoms. The fourth-order valence-electron chi connectivity index (χ4n) is 8.78. The molecule has 0 unspecified atom stereocenters. The first-order chi connectivity index (χ1) is 29.4. The second-order valence-corrected chi connectivity index (χ2v) is 15.8. The Kier molecular flexibility index (Phi) is 9.38.